The third-order valence-electron chi connectivity index (χ3n) is 5.41. The number of amides is 3. The number of rotatable bonds is 4. The fraction of sp³-hybridized carbons (Fsp3) is 0.286. The predicted octanol–water partition coefficient (Wildman–Crippen LogP) is 4.36. The summed E-state index contributed by atoms with van der Waals surface area (Å²) in [7, 11) is 0. The quantitative estimate of drug-likeness (QED) is 0.519. The Morgan fingerprint density at radius 2 is 2.03 bits per heavy atom. The van der Waals surface area contributed by atoms with Crippen LogP contribution < -0.4 is 25.6 Å². The molecule has 1 saturated heterocycles. The van der Waals surface area contributed by atoms with E-state index in [2.05, 4.69) is 25.7 Å². The number of urea groups is 1. The third-order valence-corrected chi connectivity index (χ3v) is 6.51. The zero-order valence-electron chi connectivity index (χ0n) is 17.0. The summed E-state index contributed by atoms with van der Waals surface area (Å²) in [6, 6.07) is 6.07. The molecule has 3 N–H and O–H groups in total. The van der Waals surface area contributed by atoms with Crippen molar-refractivity contribution in [1.29, 1.82) is 0 Å². The molecule has 0 spiro atoms. The van der Waals surface area contributed by atoms with E-state index in [9.17, 15) is 22.8 Å². The number of carbonyl (C=O) groups excluding carboxylic acids is 2. The Bertz CT molecular complexity index is 1220. The lowest BCUT2D eigenvalue weighted by atomic mass is 10.1. The third kappa shape index (κ3) is 4.18. The fourth-order valence-corrected chi connectivity index (χ4v) is 5.05. The topological polar surface area (TPSA) is 95.6 Å². The van der Waals surface area contributed by atoms with E-state index < -0.39 is 18.1 Å². The Labute approximate surface area is 189 Å². The van der Waals surface area contributed by atoms with Crippen LogP contribution in [0.1, 0.15) is 22.5 Å². The van der Waals surface area contributed by atoms with E-state index in [-0.39, 0.29) is 11.9 Å². The Kier molecular flexibility index (Phi) is 5.33. The van der Waals surface area contributed by atoms with Crippen molar-refractivity contribution in [3.05, 3.63) is 41.4 Å². The van der Waals surface area contributed by atoms with Crippen molar-refractivity contribution < 1.29 is 27.5 Å². The highest BCUT2D eigenvalue weighted by atomic mass is 32.1. The number of pyridine rings is 1. The van der Waals surface area contributed by atoms with Crippen molar-refractivity contribution >= 4 is 50.6 Å². The summed E-state index contributed by atoms with van der Waals surface area (Å²) in [6.07, 6.45) is -1.44. The number of carbonyl (C=O) groups is 2. The SMILES string of the molecule is O=C(NC1CCCNC1)c1sc2nccc3c2c1NC(=O)N3c1ccc(OC(F)(F)F)cc1. The molecule has 1 fully saturated rings. The van der Waals surface area contributed by atoms with Crippen LogP contribution in [0.25, 0.3) is 10.2 Å². The fourth-order valence-electron chi connectivity index (χ4n) is 4.02. The molecule has 3 aromatic rings. The molecular formula is C21H18F3N5O3S. The predicted molar refractivity (Wildman–Crippen MR) is 117 cm³/mol. The average Bonchev–Trinajstić information content (AvgIpc) is 3.14. The molecule has 4 heterocycles. The molecule has 1 atom stereocenters. The van der Waals surface area contributed by atoms with Crippen molar-refractivity contribution in [1.82, 2.24) is 15.6 Å². The summed E-state index contributed by atoms with van der Waals surface area (Å²) in [6.45, 7) is 1.60. The minimum Gasteiger partial charge on any atom is -0.406 e. The first-order valence-corrected chi connectivity index (χ1v) is 11.0. The molecule has 0 bridgehead atoms. The lowest BCUT2D eigenvalue weighted by Crippen LogP contribution is -2.45. The zero-order chi connectivity index (χ0) is 23.2. The smallest absolute Gasteiger partial charge is 0.406 e. The molecule has 12 heteroatoms. The maximum Gasteiger partial charge on any atom is 0.573 e. The van der Waals surface area contributed by atoms with Gasteiger partial charge in [-0.3, -0.25) is 9.69 Å². The second kappa shape index (κ2) is 8.19. The van der Waals surface area contributed by atoms with Crippen LogP contribution >= 0.6 is 11.3 Å². The van der Waals surface area contributed by atoms with Gasteiger partial charge in [0.25, 0.3) is 5.91 Å². The summed E-state index contributed by atoms with van der Waals surface area (Å²) >= 11 is 1.18. The van der Waals surface area contributed by atoms with Gasteiger partial charge in [-0.05, 0) is 49.7 Å². The zero-order valence-corrected chi connectivity index (χ0v) is 17.8. The molecule has 0 radical (unpaired) electrons. The largest absolute Gasteiger partial charge is 0.573 e. The number of thiophene rings is 1. The van der Waals surface area contributed by atoms with Gasteiger partial charge in [0.05, 0.1) is 22.4 Å². The van der Waals surface area contributed by atoms with Crippen LogP contribution in [0.2, 0.25) is 0 Å². The maximum absolute atomic E-state index is 13.0. The summed E-state index contributed by atoms with van der Waals surface area (Å²) < 4.78 is 41.3. The standard InChI is InChI=1S/C21H18F3N5O3S/c22-21(23,24)32-13-5-3-12(4-6-13)29-14-7-9-26-19-15(14)16(28-20(29)31)17(33-19)18(30)27-11-2-1-8-25-10-11/h3-7,9,11,25H,1-2,8,10H2,(H,27,30)(H,28,31). The number of ether oxygens (including phenoxy) is 1. The maximum atomic E-state index is 13.0. The number of anilines is 3. The molecule has 2 aliphatic heterocycles. The molecule has 1 aromatic carbocycles. The van der Waals surface area contributed by atoms with Gasteiger partial charge in [0, 0.05) is 18.8 Å². The number of alkyl halides is 3. The lowest BCUT2D eigenvalue weighted by Gasteiger charge is -2.28. The first-order chi connectivity index (χ1) is 15.8. The van der Waals surface area contributed by atoms with Crippen molar-refractivity contribution in [3.63, 3.8) is 0 Å². The van der Waals surface area contributed by atoms with E-state index in [1.807, 2.05) is 0 Å². The summed E-state index contributed by atoms with van der Waals surface area (Å²) in [5.74, 6) is -0.675. The van der Waals surface area contributed by atoms with Gasteiger partial charge in [0.15, 0.2) is 0 Å². The van der Waals surface area contributed by atoms with Crippen LogP contribution in [0.3, 0.4) is 0 Å². The summed E-state index contributed by atoms with van der Waals surface area (Å²) in [4.78, 5) is 32.6. The molecule has 5 rings (SSSR count). The van der Waals surface area contributed by atoms with Gasteiger partial charge >= 0.3 is 12.4 Å². The van der Waals surface area contributed by atoms with Crippen LogP contribution in [0.4, 0.5) is 35.0 Å². The van der Waals surface area contributed by atoms with Crippen molar-refractivity contribution in [3.8, 4) is 5.75 Å². The second-order valence-corrected chi connectivity index (χ2v) is 8.64. The van der Waals surface area contributed by atoms with Crippen LogP contribution in [-0.4, -0.2) is 42.4 Å². The number of halogens is 3. The van der Waals surface area contributed by atoms with Crippen LogP contribution in [-0.2, 0) is 0 Å². The lowest BCUT2D eigenvalue weighted by molar-refractivity contribution is -0.274. The number of benzene rings is 1. The monoisotopic (exact) mass is 477 g/mol. The van der Waals surface area contributed by atoms with Crippen molar-refractivity contribution in [2.24, 2.45) is 0 Å². The molecule has 8 nitrogen and oxygen atoms in total. The van der Waals surface area contributed by atoms with Crippen LogP contribution in [0.15, 0.2) is 36.5 Å². The van der Waals surface area contributed by atoms with Gasteiger partial charge in [-0.2, -0.15) is 0 Å². The molecule has 172 valence electrons. The number of nitrogens with one attached hydrogen (secondary N) is 3. The Morgan fingerprint density at radius 1 is 1.24 bits per heavy atom. The number of hydrogen-bond donors (Lipinski definition) is 3. The number of nitrogens with zero attached hydrogens (tertiary/aromatic N) is 2. The molecular weight excluding hydrogens is 459 g/mol. The van der Waals surface area contributed by atoms with Gasteiger partial charge in [0.2, 0.25) is 0 Å². The molecule has 2 aromatic heterocycles. The first-order valence-electron chi connectivity index (χ1n) is 10.2. The number of aromatic nitrogens is 1. The van der Waals surface area contributed by atoms with E-state index in [0.29, 0.717) is 38.7 Å². The molecule has 2 aliphatic rings. The van der Waals surface area contributed by atoms with Gasteiger partial charge in [-0.25, -0.2) is 9.78 Å². The van der Waals surface area contributed by atoms with Gasteiger partial charge in [-0.15, -0.1) is 24.5 Å². The van der Waals surface area contributed by atoms with Gasteiger partial charge < -0.3 is 20.7 Å². The molecule has 0 saturated carbocycles. The summed E-state index contributed by atoms with van der Waals surface area (Å²) in [5.41, 5.74) is 1.21. The Hall–Kier alpha value is -3.38. The number of hydrogen-bond acceptors (Lipinski definition) is 6. The van der Waals surface area contributed by atoms with E-state index in [4.69, 9.17) is 0 Å². The highest BCUT2D eigenvalue weighted by Gasteiger charge is 2.34. The van der Waals surface area contributed by atoms with Crippen LogP contribution in [0, 0.1) is 0 Å². The number of piperidine rings is 1. The Morgan fingerprint density at radius 3 is 2.73 bits per heavy atom. The normalized spacial score (nSPS) is 18.2. The summed E-state index contributed by atoms with van der Waals surface area (Å²) in [5, 5.41) is 9.61. The van der Waals surface area contributed by atoms with Crippen molar-refractivity contribution in [2.75, 3.05) is 23.3 Å². The minimum atomic E-state index is -4.81. The van der Waals surface area contributed by atoms with Crippen molar-refractivity contribution in [2.45, 2.75) is 25.2 Å². The van der Waals surface area contributed by atoms with Gasteiger partial charge in [0.1, 0.15) is 15.5 Å². The Balaban J connectivity index is 1.48. The van der Waals surface area contributed by atoms with E-state index in [0.717, 1.165) is 31.5 Å². The van der Waals surface area contributed by atoms with Crippen LogP contribution in [0.5, 0.6) is 5.75 Å². The highest BCUT2D eigenvalue weighted by molar-refractivity contribution is 7.21. The molecule has 3 amide bonds. The first kappa shape index (κ1) is 21.5. The van der Waals surface area contributed by atoms with Gasteiger partial charge in [-0.1, -0.05) is 0 Å². The second-order valence-electron chi connectivity index (χ2n) is 7.64. The molecule has 1 unspecified atom stereocenters. The molecule has 33 heavy (non-hydrogen) atoms. The highest BCUT2D eigenvalue weighted by Crippen LogP contribution is 2.45. The van der Waals surface area contributed by atoms with E-state index in [1.165, 1.54) is 34.6 Å². The van der Waals surface area contributed by atoms with E-state index in [1.54, 1.807) is 6.07 Å². The molecule has 0 aliphatic carbocycles. The minimum absolute atomic E-state index is 0.00399. The average molecular weight is 477 g/mol. The van der Waals surface area contributed by atoms with E-state index >= 15 is 0 Å².